The number of benzene rings is 3. The molecule has 6 nitrogen and oxygen atoms in total. The molecule has 1 unspecified atom stereocenters. The molecule has 2 heterocycles. The summed E-state index contributed by atoms with van der Waals surface area (Å²) in [4.78, 5) is 31.1. The summed E-state index contributed by atoms with van der Waals surface area (Å²) >= 11 is 7.58. The van der Waals surface area contributed by atoms with Gasteiger partial charge in [-0.2, -0.15) is 0 Å². The van der Waals surface area contributed by atoms with Crippen molar-refractivity contribution >= 4 is 35.2 Å². The van der Waals surface area contributed by atoms with Crippen LogP contribution >= 0.6 is 23.4 Å². The molecule has 1 fully saturated rings. The maximum atomic E-state index is 12.7. The van der Waals surface area contributed by atoms with E-state index in [9.17, 15) is 9.59 Å². The smallest absolute Gasteiger partial charge is 0.251 e. The average molecular weight is 503 g/mol. The van der Waals surface area contributed by atoms with Gasteiger partial charge in [0.2, 0.25) is 5.91 Å². The molecule has 0 bridgehead atoms. The van der Waals surface area contributed by atoms with Crippen molar-refractivity contribution in [1.82, 2.24) is 19.8 Å². The van der Waals surface area contributed by atoms with E-state index in [0.717, 1.165) is 22.4 Å². The summed E-state index contributed by atoms with van der Waals surface area (Å²) in [5.74, 6) is 0.416. The molecule has 0 spiro atoms. The zero-order valence-electron chi connectivity index (χ0n) is 18.8. The minimum atomic E-state index is -0.136. The van der Waals surface area contributed by atoms with Gasteiger partial charge in [0.05, 0.1) is 12.1 Å². The number of imidazole rings is 1. The number of carbonyl (C=O) groups excluding carboxylic acids is 2. The van der Waals surface area contributed by atoms with Crippen LogP contribution in [-0.4, -0.2) is 32.0 Å². The number of thioether (sulfide) groups is 1. The second-order valence-electron chi connectivity index (χ2n) is 8.25. The second-order valence-corrected chi connectivity index (χ2v) is 9.76. The van der Waals surface area contributed by atoms with Crippen LogP contribution < -0.4 is 5.32 Å². The Morgan fingerprint density at radius 2 is 1.71 bits per heavy atom. The van der Waals surface area contributed by atoms with E-state index in [4.69, 9.17) is 11.6 Å². The number of hydrogen-bond donors (Lipinski definition) is 1. The Morgan fingerprint density at radius 3 is 2.40 bits per heavy atom. The summed E-state index contributed by atoms with van der Waals surface area (Å²) < 4.78 is 1.93. The Labute approximate surface area is 212 Å². The highest BCUT2D eigenvalue weighted by Crippen LogP contribution is 2.39. The third kappa shape index (κ3) is 5.42. The Hall–Kier alpha value is -3.55. The fraction of sp³-hybridized carbons (Fsp3) is 0.148. The summed E-state index contributed by atoms with van der Waals surface area (Å²) in [7, 11) is 0. The number of rotatable bonds is 7. The number of nitrogens with one attached hydrogen (secondary N) is 1. The lowest BCUT2D eigenvalue weighted by atomic mass is 10.1. The van der Waals surface area contributed by atoms with E-state index in [-0.39, 0.29) is 17.2 Å². The van der Waals surface area contributed by atoms with Gasteiger partial charge >= 0.3 is 0 Å². The number of carbonyl (C=O) groups is 2. The van der Waals surface area contributed by atoms with Crippen LogP contribution in [0.25, 0.3) is 5.69 Å². The number of hydrogen-bond acceptors (Lipinski definition) is 4. The molecule has 0 radical (unpaired) electrons. The van der Waals surface area contributed by atoms with Crippen molar-refractivity contribution in [3.8, 4) is 5.69 Å². The molecule has 1 saturated heterocycles. The number of nitrogens with zero attached hydrogens (tertiary/aromatic N) is 3. The molecule has 2 amide bonds. The van der Waals surface area contributed by atoms with Crippen molar-refractivity contribution < 1.29 is 9.59 Å². The second kappa shape index (κ2) is 10.4. The van der Waals surface area contributed by atoms with Crippen molar-refractivity contribution in [3.05, 3.63) is 119 Å². The number of halogens is 1. The molecule has 1 N–H and O–H groups in total. The van der Waals surface area contributed by atoms with Crippen LogP contribution in [0.3, 0.4) is 0 Å². The third-order valence-corrected chi connectivity index (χ3v) is 7.39. The summed E-state index contributed by atoms with van der Waals surface area (Å²) in [6, 6.07) is 23.0. The Morgan fingerprint density at radius 1 is 1.00 bits per heavy atom. The van der Waals surface area contributed by atoms with E-state index in [0.29, 0.717) is 29.4 Å². The zero-order valence-corrected chi connectivity index (χ0v) is 20.4. The van der Waals surface area contributed by atoms with E-state index in [1.54, 1.807) is 24.3 Å². The van der Waals surface area contributed by atoms with Crippen molar-refractivity contribution in [1.29, 1.82) is 0 Å². The predicted octanol–water partition coefficient (Wildman–Crippen LogP) is 5.23. The summed E-state index contributed by atoms with van der Waals surface area (Å²) in [5, 5.41) is 3.57. The molecule has 0 aliphatic carbocycles. The molecule has 8 heteroatoms. The summed E-state index contributed by atoms with van der Waals surface area (Å²) in [6.45, 7) is 0.961. The summed E-state index contributed by atoms with van der Waals surface area (Å²) in [5.41, 5.74) is 4.65. The molecule has 1 atom stereocenters. The lowest BCUT2D eigenvalue weighted by Crippen LogP contribution is -2.27. The molecule has 35 heavy (non-hydrogen) atoms. The molecule has 176 valence electrons. The van der Waals surface area contributed by atoms with E-state index < -0.39 is 0 Å². The monoisotopic (exact) mass is 502 g/mol. The van der Waals surface area contributed by atoms with E-state index in [2.05, 4.69) is 10.3 Å². The quantitative estimate of drug-likeness (QED) is 0.376. The van der Waals surface area contributed by atoms with Gasteiger partial charge in [-0.1, -0.05) is 48.0 Å². The lowest BCUT2D eigenvalue weighted by Gasteiger charge is -2.24. The van der Waals surface area contributed by atoms with Crippen molar-refractivity contribution in [2.24, 2.45) is 0 Å². The fourth-order valence-corrected chi connectivity index (χ4v) is 5.28. The van der Waals surface area contributed by atoms with Crippen LogP contribution in [0.4, 0.5) is 0 Å². The number of amides is 2. The first kappa shape index (κ1) is 23.2. The normalized spacial score (nSPS) is 15.4. The van der Waals surface area contributed by atoms with Crippen molar-refractivity contribution in [2.75, 3.05) is 5.75 Å². The van der Waals surface area contributed by atoms with Gasteiger partial charge in [0.15, 0.2) is 0 Å². The van der Waals surface area contributed by atoms with Crippen LogP contribution in [0.1, 0.15) is 32.4 Å². The van der Waals surface area contributed by atoms with E-state index in [1.807, 2.05) is 88.5 Å². The van der Waals surface area contributed by atoms with Gasteiger partial charge < -0.3 is 14.8 Å². The van der Waals surface area contributed by atoms with Crippen molar-refractivity contribution in [3.63, 3.8) is 0 Å². The van der Waals surface area contributed by atoms with Crippen LogP contribution in [0, 0.1) is 0 Å². The van der Waals surface area contributed by atoms with Gasteiger partial charge in [-0.05, 0) is 53.1 Å². The minimum absolute atomic E-state index is 0.0794. The van der Waals surface area contributed by atoms with Crippen LogP contribution in [0.5, 0.6) is 0 Å². The van der Waals surface area contributed by atoms with Gasteiger partial charge in [0.25, 0.3) is 5.91 Å². The standard InChI is InChI=1S/C27H23ClN4O2S/c28-23-9-1-20(2-10-23)16-32-25(33)17-35-27(32)22-7-5-21(6-8-22)26(34)30-15-19-3-11-24(12-4-19)31-14-13-29-18-31/h1-14,18,27H,15-17H2,(H,30,34). The zero-order chi connectivity index (χ0) is 24.2. The predicted molar refractivity (Wildman–Crippen MR) is 138 cm³/mol. The van der Waals surface area contributed by atoms with Crippen LogP contribution in [0.15, 0.2) is 91.5 Å². The first-order valence-corrected chi connectivity index (χ1v) is 12.6. The molecular formula is C27H23ClN4O2S. The van der Waals surface area contributed by atoms with Gasteiger partial charge in [0, 0.05) is 41.8 Å². The third-order valence-electron chi connectivity index (χ3n) is 5.88. The summed E-state index contributed by atoms with van der Waals surface area (Å²) in [6.07, 6.45) is 5.37. The first-order chi connectivity index (χ1) is 17.1. The Balaban J connectivity index is 1.20. The SMILES string of the molecule is O=C(NCc1ccc(-n2ccnc2)cc1)c1ccc(C2SCC(=O)N2Cc2ccc(Cl)cc2)cc1. The van der Waals surface area contributed by atoms with Gasteiger partial charge in [-0.15, -0.1) is 11.8 Å². The van der Waals surface area contributed by atoms with Gasteiger partial charge in [0.1, 0.15) is 5.37 Å². The van der Waals surface area contributed by atoms with Crippen LogP contribution in [0.2, 0.25) is 5.02 Å². The highest BCUT2D eigenvalue weighted by atomic mass is 35.5. The molecule has 4 aromatic rings. The largest absolute Gasteiger partial charge is 0.348 e. The first-order valence-electron chi connectivity index (χ1n) is 11.2. The molecular weight excluding hydrogens is 480 g/mol. The maximum Gasteiger partial charge on any atom is 0.251 e. The lowest BCUT2D eigenvalue weighted by molar-refractivity contribution is -0.128. The minimum Gasteiger partial charge on any atom is -0.348 e. The Bertz CT molecular complexity index is 1310. The molecule has 3 aromatic carbocycles. The van der Waals surface area contributed by atoms with E-state index in [1.165, 1.54) is 0 Å². The topological polar surface area (TPSA) is 67.2 Å². The Kier molecular flexibility index (Phi) is 6.88. The number of aromatic nitrogens is 2. The molecule has 5 rings (SSSR count). The van der Waals surface area contributed by atoms with Crippen LogP contribution in [-0.2, 0) is 17.9 Å². The van der Waals surface area contributed by atoms with Crippen molar-refractivity contribution in [2.45, 2.75) is 18.5 Å². The maximum absolute atomic E-state index is 12.7. The highest BCUT2D eigenvalue weighted by molar-refractivity contribution is 8.00. The van der Waals surface area contributed by atoms with Gasteiger partial charge in [-0.3, -0.25) is 9.59 Å². The average Bonchev–Trinajstić information content (AvgIpc) is 3.55. The molecule has 1 aromatic heterocycles. The highest BCUT2D eigenvalue weighted by Gasteiger charge is 2.32. The molecule has 0 saturated carbocycles. The molecule has 1 aliphatic rings. The molecule has 1 aliphatic heterocycles. The fourth-order valence-electron chi connectivity index (χ4n) is 3.97. The van der Waals surface area contributed by atoms with Gasteiger partial charge in [-0.25, -0.2) is 4.98 Å². The van der Waals surface area contributed by atoms with E-state index >= 15 is 0 Å².